The molecule has 4 heteroatoms. The van der Waals surface area contributed by atoms with Gasteiger partial charge in [-0.2, -0.15) is 0 Å². The van der Waals surface area contributed by atoms with Crippen molar-refractivity contribution in [2.24, 2.45) is 0 Å². The van der Waals surface area contributed by atoms with Crippen LogP contribution in [-0.2, 0) is 0 Å². The van der Waals surface area contributed by atoms with Gasteiger partial charge < -0.3 is 4.42 Å². The minimum Gasteiger partial charge on any atom is -0.461 e. The van der Waals surface area contributed by atoms with E-state index in [1.165, 1.54) is 0 Å². The Balaban J connectivity index is 3.03. The molecule has 66 valence electrons. The maximum Gasteiger partial charge on any atom is 0.192 e. The van der Waals surface area contributed by atoms with Gasteiger partial charge in [0, 0.05) is 12.1 Å². The molecule has 1 aromatic heterocycles. The van der Waals surface area contributed by atoms with Gasteiger partial charge in [-0.25, -0.2) is 8.78 Å². The third-order valence-electron chi connectivity index (χ3n) is 1.68. The Morgan fingerprint density at radius 3 is 2.77 bits per heavy atom. The predicted octanol–water partition coefficient (Wildman–Crippen LogP) is 2.07. The van der Waals surface area contributed by atoms with Crippen LogP contribution in [0.3, 0.4) is 0 Å². The van der Waals surface area contributed by atoms with Crippen molar-refractivity contribution >= 4 is 11.0 Å². The molecule has 0 amide bonds. The van der Waals surface area contributed by atoms with Gasteiger partial charge in [0.05, 0.1) is 11.6 Å². The zero-order valence-electron chi connectivity index (χ0n) is 6.38. The van der Waals surface area contributed by atoms with Crippen LogP contribution in [0.15, 0.2) is 33.7 Å². The summed E-state index contributed by atoms with van der Waals surface area (Å²) in [5.41, 5.74) is -0.673. The first-order valence-corrected chi connectivity index (χ1v) is 3.55. The van der Waals surface area contributed by atoms with E-state index in [4.69, 9.17) is 4.42 Å². The molecule has 1 aromatic carbocycles. The largest absolute Gasteiger partial charge is 0.461 e. The number of hydrogen-bond donors (Lipinski definition) is 0. The van der Waals surface area contributed by atoms with Crippen molar-refractivity contribution < 1.29 is 13.2 Å². The third kappa shape index (κ3) is 1.20. The molecule has 13 heavy (non-hydrogen) atoms. The second-order valence-corrected chi connectivity index (χ2v) is 2.55. The maximum atomic E-state index is 13.0. The summed E-state index contributed by atoms with van der Waals surface area (Å²) in [5, 5.41) is -0.0833. The van der Waals surface area contributed by atoms with E-state index in [-0.39, 0.29) is 11.0 Å². The number of halogens is 2. The van der Waals surface area contributed by atoms with Crippen LogP contribution >= 0.6 is 0 Å². The number of fused-ring (bicyclic) bond motifs is 1. The van der Waals surface area contributed by atoms with E-state index >= 15 is 0 Å². The summed E-state index contributed by atoms with van der Waals surface area (Å²) in [6.07, 6.45) is 1.08. The van der Waals surface area contributed by atoms with Gasteiger partial charge in [-0.05, 0) is 6.07 Å². The van der Waals surface area contributed by atoms with Crippen molar-refractivity contribution in [3.05, 3.63) is 46.3 Å². The normalized spacial score (nSPS) is 10.6. The second-order valence-electron chi connectivity index (χ2n) is 2.55. The molecule has 0 bridgehead atoms. The molecule has 0 unspecified atom stereocenters. The molecular weight excluding hydrogens is 178 g/mol. The number of rotatable bonds is 0. The van der Waals surface area contributed by atoms with E-state index in [0.29, 0.717) is 6.07 Å². The maximum absolute atomic E-state index is 13.0. The lowest BCUT2D eigenvalue weighted by Crippen LogP contribution is -1.99. The Morgan fingerprint density at radius 2 is 2.00 bits per heavy atom. The molecule has 2 rings (SSSR count). The van der Waals surface area contributed by atoms with Gasteiger partial charge >= 0.3 is 0 Å². The summed E-state index contributed by atoms with van der Waals surface area (Å²) in [5.74, 6) is -1.66. The molecule has 0 atom stereocenters. The second kappa shape index (κ2) is 2.65. The fraction of sp³-hybridized carbons (Fsp3) is 0. The Hall–Kier alpha value is -1.71. The molecule has 0 aliphatic rings. The van der Waals surface area contributed by atoms with Crippen molar-refractivity contribution in [2.45, 2.75) is 0 Å². The fourth-order valence-corrected chi connectivity index (χ4v) is 1.12. The van der Waals surface area contributed by atoms with Crippen LogP contribution in [0.5, 0.6) is 0 Å². The van der Waals surface area contributed by atoms with Gasteiger partial charge in [0.2, 0.25) is 0 Å². The van der Waals surface area contributed by atoms with Crippen LogP contribution in [-0.4, -0.2) is 0 Å². The lowest BCUT2D eigenvalue weighted by Gasteiger charge is -1.96. The van der Waals surface area contributed by atoms with Gasteiger partial charge in [-0.3, -0.25) is 4.79 Å². The summed E-state index contributed by atoms with van der Waals surface area (Å²) < 4.78 is 30.3. The van der Waals surface area contributed by atoms with Crippen LogP contribution in [0.1, 0.15) is 0 Å². The summed E-state index contributed by atoms with van der Waals surface area (Å²) >= 11 is 0. The molecule has 0 N–H and O–H groups in total. The quantitative estimate of drug-likeness (QED) is 0.624. The molecule has 1 heterocycles. The van der Waals surface area contributed by atoms with Crippen molar-refractivity contribution in [1.82, 2.24) is 0 Å². The molecule has 0 fully saturated rings. The topological polar surface area (TPSA) is 30.2 Å². The van der Waals surface area contributed by atoms with E-state index in [9.17, 15) is 13.6 Å². The molecule has 0 spiro atoms. The Morgan fingerprint density at radius 1 is 1.23 bits per heavy atom. The van der Waals surface area contributed by atoms with Crippen molar-refractivity contribution in [3.8, 4) is 0 Å². The average molecular weight is 182 g/mol. The molecule has 0 radical (unpaired) electrons. The van der Waals surface area contributed by atoms with E-state index in [1.807, 2.05) is 0 Å². The fourth-order valence-electron chi connectivity index (χ4n) is 1.12. The van der Waals surface area contributed by atoms with Gasteiger partial charge in [-0.1, -0.05) is 0 Å². The summed E-state index contributed by atoms with van der Waals surface area (Å²) in [6, 6.07) is 2.73. The summed E-state index contributed by atoms with van der Waals surface area (Å²) in [7, 11) is 0. The minimum absolute atomic E-state index is 0.0833. The average Bonchev–Trinajstić information content (AvgIpc) is 2.07. The van der Waals surface area contributed by atoms with Gasteiger partial charge in [0.15, 0.2) is 16.8 Å². The highest BCUT2D eigenvalue weighted by Gasteiger charge is 2.07. The van der Waals surface area contributed by atoms with Crippen molar-refractivity contribution in [3.63, 3.8) is 0 Å². The first kappa shape index (κ1) is 7.91. The first-order valence-electron chi connectivity index (χ1n) is 3.55. The highest BCUT2D eigenvalue weighted by atomic mass is 19.1. The highest BCUT2D eigenvalue weighted by Crippen LogP contribution is 2.15. The van der Waals surface area contributed by atoms with Crippen LogP contribution in [0, 0.1) is 11.6 Å². The van der Waals surface area contributed by atoms with E-state index in [1.54, 1.807) is 0 Å². The monoisotopic (exact) mass is 182 g/mol. The lowest BCUT2D eigenvalue weighted by atomic mass is 10.2. The van der Waals surface area contributed by atoms with Crippen molar-refractivity contribution in [1.29, 1.82) is 0 Å². The number of benzene rings is 1. The van der Waals surface area contributed by atoms with Crippen LogP contribution in [0.4, 0.5) is 8.78 Å². The summed E-state index contributed by atoms with van der Waals surface area (Å²) in [6.45, 7) is 0. The van der Waals surface area contributed by atoms with Gasteiger partial charge in [-0.15, -0.1) is 0 Å². The molecular formula is C9H4F2O2. The highest BCUT2D eigenvalue weighted by molar-refractivity contribution is 5.76. The Labute approximate surface area is 71.4 Å². The van der Waals surface area contributed by atoms with Gasteiger partial charge in [0.25, 0.3) is 0 Å². The standard InChI is InChI=1S/C9H4F2O2/c10-5-3-6-8(12)1-2-13-9(6)7(11)4-5/h1-4H. The SMILES string of the molecule is O=c1ccoc2c(F)cc(F)cc12. The Kier molecular flexibility index (Phi) is 1.62. The Bertz CT molecular complexity index is 516. The number of hydrogen-bond acceptors (Lipinski definition) is 2. The van der Waals surface area contributed by atoms with Crippen LogP contribution < -0.4 is 5.43 Å². The first-order chi connectivity index (χ1) is 6.18. The van der Waals surface area contributed by atoms with E-state index < -0.39 is 17.1 Å². The summed E-state index contributed by atoms with van der Waals surface area (Å²) in [4.78, 5) is 11.1. The molecule has 2 nitrogen and oxygen atoms in total. The smallest absolute Gasteiger partial charge is 0.192 e. The molecule has 2 aromatic rings. The van der Waals surface area contributed by atoms with Crippen LogP contribution in [0.2, 0.25) is 0 Å². The molecule has 0 aliphatic carbocycles. The van der Waals surface area contributed by atoms with Crippen molar-refractivity contribution in [2.75, 3.05) is 0 Å². The molecule has 0 aliphatic heterocycles. The van der Waals surface area contributed by atoms with Crippen LogP contribution in [0.25, 0.3) is 11.0 Å². The zero-order chi connectivity index (χ0) is 9.42. The molecule has 0 saturated carbocycles. The lowest BCUT2D eigenvalue weighted by molar-refractivity contribution is 0.538. The molecule has 0 saturated heterocycles. The zero-order valence-corrected chi connectivity index (χ0v) is 6.38. The minimum atomic E-state index is -0.868. The van der Waals surface area contributed by atoms with Gasteiger partial charge in [0.1, 0.15) is 5.82 Å². The predicted molar refractivity (Wildman–Crippen MR) is 42.4 cm³/mol. The third-order valence-corrected chi connectivity index (χ3v) is 1.68. The van der Waals surface area contributed by atoms with E-state index in [0.717, 1.165) is 18.4 Å². The van der Waals surface area contributed by atoms with E-state index in [2.05, 4.69) is 0 Å².